The van der Waals surface area contributed by atoms with Crippen LogP contribution < -0.4 is 0 Å². The molecule has 0 amide bonds. The van der Waals surface area contributed by atoms with Gasteiger partial charge in [0.15, 0.2) is 0 Å². The van der Waals surface area contributed by atoms with E-state index in [-0.39, 0.29) is 0 Å². The number of rotatable bonds is 2. The fraction of sp³-hybridized carbons (Fsp3) is 0.118. The van der Waals surface area contributed by atoms with Gasteiger partial charge in [0.25, 0.3) is 0 Å². The van der Waals surface area contributed by atoms with Gasteiger partial charge in [-0.1, -0.05) is 48.5 Å². The van der Waals surface area contributed by atoms with E-state index in [2.05, 4.69) is 28.8 Å². The van der Waals surface area contributed by atoms with Crippen molar-refractivity contribution < 1.29 is 0 Å². The molecular weight excluding hydrogens is 232 g/mol. The average molecular weight is 246 g/mol. The van der Waals surface area contributed by atoms with Crippen LogP contribution in [-0.4, -0.2) is 9.55 Å². The summed E-state index contributed by atoms with van der Waals surface area (Å²) in [6, 6.07) is 22.0. The molecule has 0 unspecified atom stereocenters. The van der Waals surface area contributed by atoms with E-state index in [0.29, 0.717) is 0 Å². The fourth-order valence-electron chi connectivity index (χ4n) is 2.23. The lowest BCUT2D eigenvalue weighted by Gasteiger charge is -2.06. The first-order chi connectivity index (χ1) is 9.27. The number of imidazole rings is 1. The van der Waals surface area contributed by atoms with Gasteiger partial charge in [-0.15, -0.1) is 0 Å². The maximum absolute atomic E-state index is 4.70. The van der Waals surface area contributed by atoms with Crippen LogP contribution >= 0.6 is 0 Å². The van der Waals surface area contributed by atoms with Crippen LogP contribution in [0.1, 0.15) is 5.82 Å². The minimum Gasteiger partial charge on any atom is -0.331 e. The molecule has 1 heterocycles. The molecule has 0 fully saturated rings. The Kier molecular flexibility index (Phi) is 2.92. The summed E-state index contributed by atoms with van der Waals surface area (Å²) in [6.07, 6.45) is 0. The summed E-state index contributed by atoms with van der Waals surface area (Å²) in [6.45, 7) is 2.02. The van der Waals surface area contributed by atoms with Gasteiger partial charge in [0.1, 0.15) is 5.82 Å². The van der Waals surface area contributed by atoms with E-state index < -0.39 is 0 Å². The van der Waals surface area contributed by atoms with Gasteiger partial charge in [-0.25, -0.2) is 4.98 Å². The van der Waals surface area contributed by atoms with Gasteiger partial charge in [-0.3, -0.25) is 0 Å². The highest BCUT2D eigenvalue weighted by molar-refractivity contribution is 5.78. The van der Waals surface area contributed by atoms with Crippen LogP contribution in [-0.2, 0) is 7.05 Å². The van der Waals surface area contributed by atoms with Crippen molar-refractivity contribution in [2.75, 3.05) is 0 Å². The average Bonchev–Trinajstić information content (AvgIpc) is 2.77. The second kappa shape index (κ2) is 4.73. The Balaban J connectivity index is 2.25. The number of aromatic nitrogens is 2. The molecule has 0 N–H and O–H groups in total. The molecule has 1 aromatic heterocycles. The molecular formula is C17H14N2. The van der Waals surface area contributed by atoms with E-state index in [4.69, 9.17) is 4.98 Å². The largest absolute Gasteiger partial charge is 0.331 e. The number of hydrogen-bond donors (Lipinski definition) is 0. The van der Waals surface area contributed by atoms with E-state index in [9.17, 15) is 0 Å². The van der Waals surface area contributed by atoms with Crippen LogP contribution in [0.25, 0.3) is 22.5 Å². The third-order valence-corrected chi connectivity index (χ3v) is 3.30. The first-order valence-corrected chi connectivity index (χ1v) is 6.23. The number of benzene rings is 2. The topological polar surface area (TPSA) is 17.8 Å². The molecule has 0 saturated heterocycles. The summed E-state index contributed by atoms with van der Waals surface area (Å²) >= 11 is 0. The third-order valence-electron chi connectivity index (χ3n) is 3.30. The molecule has 2 radical (unpaired) electrons. The van der Waals surface area contributed by atoms with Crippen LogP contribution in [0.4, 0.5) is 0 Å². The number of hydrogen-bond acceptors (Lipinski definition) is 1. The standard InChI is InChI=1S/C17H14N2/c1-13-18-16(14-9-5-3-6-10-14)17(19(13)2)15-11-7-4-8-12-15/h5-12H,1-2H3. The van der Waals surface area contributed by atoms with Gasteiger partial charge in [0, 0.05) is 18.2 Å². The fourth-order valence-corrected chi connectivity index (χ4v) is 2.23. The Morgan fingerprint density at radius 3 is 2.00 bits per heavy atom. The van der Waals surface area contributed by atoms with Crippen molar-refractivity contribution in [3.8, 4) is 22.5 Å². The lowest BCUT2D eigenvalue weighted by Crippen LogP contribution is -1.94. The van der Waals surface area contributed by atoms with Crippen LogP contribution in [0.15, 0.2) is 48.5 Å². The van der Waals surface area contributed by atoms with Crippen molar-refractivity contribution in [1.29, 1.82) is 0 Å². The normalized spacial score (nSPS) is 10.6. The van der Waals surface area contributed by atoms with Crippen molar-refractivity contribution in [3.63, 3.8) is 0 Å². The predicted molar refractivity (Wildman–Crippen MR) is 76.5 cm³/mol. The number of aryl methyl sites for hydroxylation is 1. The molecule has 2 heteroatoms. The van der Waals surface area contributed by atoms with Crippen molar-refractivity contribution in [2.45, 2.75) is 6.92 Å². The summed E-state index contributed by atoms with van der Waals surface area (Å²) in [5.74, 6) is 1.01. The Labute approximate surface area is 113 Å². The van der Waals surface area contributed by atoms with Gasteiger partial charge in [-0.05, 0) is 19.1 Å². The lowest BCUT2D eigenvalue weighted by molar-refractivity contribution is 0.865. The molecule has 0 bridgehead atoms. The van der Waals surface area contributed by atoms with Crippen LogP contribution in [0.2, 0.25) is 0 Å². The van der Waals surface area contributed by atoms with Crippen molar-refractivity contribution in [1.82, 2.24) is 9.55 Å². The van der Waals surface area contributed by atoms with Gasteiger partial charge in [0.05, 0.1) is 11.4 Å². The minimum absolute atomic E-state index is 1.01. The van der Waals surface area contributed by atoms with Crippen molar-refractivity contribution in [2.24, 2.45) is 7.05 Å². The van der Waals surface area contributed by atoms with E-state index in [1.54, 1.807) is 0 Å². The molecule has 2 nitrogen and oxygen atoms in total. The predicted octanol–water partition coefficient (Wildman–Crippen LogP) is 3.66. The zero-order valence-electron chi connectivity index (χ0n) is 11.0. The number of nitrogens with zero attached hydrogens (tertiary/aromatic N) is 2. The molecule has 3 rings (SSSR count). The SMILES string of the molecule is Cc1nc(-c2cc[c]cc2)c(-c2cc[c]cc2)n1C. The lowest BCUT2D eigenvalue weighted by atomic mass is 10.1. The molecule has 0 aliphatic heterocycles. The van der Waals surface area contributed by atoms with Gasteiger partial charge in [-0.2, -0.15) is 0 Å². The summed E-state index contributed by atoms with van der Waals surface area (Å²) < 4.78 is 2.13. The molecule has 2 aromatic carbocycles. The van der Waals surface area contributed by atoms with Gasteiger partial charge >= 0.3 is 0 Å². The minimum atomic E-state index is 1.01. The monoisotopic (exact) mass is 246 g/mol. The van der Waals surface area contributed by atoms with Gasteiger partial charge < -0.3 is 4.57 Å². The van der Waals surface area contributed by atoms with E-state index in [1.165, 1.54) is 0 Å². The Bertz CT molecular complexity index is 682. The summed E-state index contributed by atoms with van der Waals surface area (Å²) in [5, 5.41) is 0. The molecule has 0 saturated carbocycles. The highest BCUT2D eigenvalue weighted by atomic mass is 15.1. The highest BCUT2D eigenvalue weighted by Gasteiger charge is 2.15. The maximum Gasteiger partial charge on any atom is 0.106 e. The first-order valence-electron chi connectivity index (χ1n) is 6.23. The van der Waals surface area contributed by atoms with Crippen molar-refractivity contribution in [3.05, 3.63) is 66.5 Å². The first kappa shape index (κ1) is 11.7. The quantitative estimate of drug-likeness (QED) is 0.674. The molecule has 92 valence electrons. The Morgan fingerprint density at radius 1 is 0.895 bits per heavy atom. The van der Waals surface area contributed by atoms with Gasteiger partial charge in [0.2, 0.25) is 0 Å². The maximum atomic E-state index is 4.70. The zero-order chi connectivity index (χ0) is 13.2. The summed E-state index contributed by atoms with van der Waals surface area (Å²) in [4.78, 5) is 4.70. The second-order valence-electron chi connectivity index (χ2n) is 4.49. The third kappa shape index (κ3) is 2.06. The molecule has 19 heavy (non-hydrogen) atoms. The van der Waals surface area contributed by atoms with Crippen LogP contribution in [0.5, 0.6) is 0 Å². The summed E-state index contributed by atoms with van der Waals surface area (Å²) in [5.41, 5.74) is 4.42. The van der Waals surface area contributed by atoms with E-state index in [1.807, 2.05) is 50.4 Å². The molecule has 0 spiro atoms. The van der Waals surface area contributed by atoms with Crippen LogP contribution in [0.3, 0.4) is 0 Å². The van der Waals surface area contributed by atoms with E-state index in [0.717, 1.165) is 28.3 Å². The van der Waals surface area contributed by atoms with Crippen LogP contribution in [0, 0.1) is 19.1 Å². The second-order valence-corrected chi connectivity index (χ2v) is 4.49. The molecule has 0 aliphatic carbocycles. The highest BCUT2D eigenvalue weighted by Crippen LogP contribution is 2.31. The molecule has 0 aliphatic rings. The Hall–Kier alpha value is -2.35. The molecule has 0 atom stereocenters. The Morgan fingerprint density at radius 2 is 1.42 bits per heavy atom. The van der Waals surface area contributed by atoms with E-state index >= 15 is 0 Å². The molecule has 3 aromatic rings. The van der Waals surface area contributed by atoms with Crippen molar-refractivity contribution >= 4 is 0 Å². The zero-order valence-corrected chi connectivity index (χ0v) is 11.0. The smallest absolute Gasteiger partial charge is 0.106 e. The summed E-state index contributed by atoms with van der Waals surface area (Å²) in [7, 11) is 2.05.